The molecule has 1 aliphatic heterocycles. The summed E-state index contributed by atoms with van der Waals surface area (Å²) in [6.45, 7) is 9.76. The van der Waals surface area contributed by atoms with Crippen LogP contribution in [0.2, 0.25) is 0 Å². The first kappa shape index (κ1) is 14.3. The van der Waals surface area contributed by atoms with Gasteiger partial charge in [-0.25, -0.2) is 0 Å². The summed E-state index contributed by atoms with van der Waals surface area (Å²) in [6.07, 6.45) is 10.3. The maximum atomic E-state index is 3.68. The van der Waals surface area contributed by atoms with E-state index >= 15 is 0 Å². The molecule has 2 rings (SSSR count). The minimum absolute atomic E-state index is 0.741. The summed E-state index contributed by atoms with van der Waals surface area (Å²) in [6, 6.07) is 0.741. The predicted molar refractivity (Wildman–Crippen MR) is 78.9 cm³/mol. The van der Waals surface area contributed by atoms with Crippen molar-refractivity contribution < 1.29 is 0 Å². The maximum Gasteiger partial charge on any atom is 0.0197 e. The summed E-state index contributed by atoms with van der Waals surface area (Å²) in [5.41, 5.74) is 0. The molecule has 1 atom stereocenters. The molecule has 1 heterocycles. The van der Waals surface area contributed by atoms with E-state index in [9.17, 15) is 0 Å². The Balaban J connectivity index is 1.65. The quantitative estimate of drug-likeness (QED) is 0.808. The lowest BCUT2D eigenvalue weighted by molar-refractivity contribution is 0.169. The normalized spacial score (nSPS) is 27.8. The van der Waals surface area contributed by atoms with Gasteiger partial charge in [0.15, 0.2) is 0 Å². The molecule has 0 amide bonds. The molecule has 2 nitrogen and oxygen atoms in total. The number of nitrogens with zero attached hydrogens (tertiary/aromatic N) is 1. The molecular formula is C16H32N2. The molecule has 2 heteroatoms. The SMILES string of the molecule is CC(C)CC1CN(CCC2CCCCC2)CCN1. The Morgan fingerprint density at radius 2 is 1.94 bits per heavy atom. The number of hydrogen-bond acceptors (Lipinski definition) is 2. The lowest BCUT2D eigenvalue weighted by Crippen LogP contribution is -2.51. The first-order valence-corrected chi connectivity index (χ1v) is 8.20. The van der Waals surface area contributed by atoms with Crippen LogP contribution in [0.5, 0.6) is 0 Å². The minimum atomic E-state index is 0.741. The first-order chi connectivity index (χ1) is 8.74. The Morgan fingerprint density at radius 1 is 1.17 bits per heavy atom. The molecule has 2 aliphatic rings. The average molecular weight is 252 g/mol. The van der Waals surface area contributed by atoms with E-state index in [1.165, 1.54) is 71.1 Å². The van der Waals surface area contributed by atoms with Crippen molar-refractivity contribution >= 4 is 0 Å². The summed E-state index contributed by atoms with van der Waals surface area (Å²) >= 11 is 0. The standard InChI is InChI=1S/C16H32N2/c1-14(2)12-16-13-18(11-9-17-16)10-8-15-6-4-3-5-7-15/h14-17H,3-13H2,1-2H3. The number of nitrogens with one attached hydrogen (secondary N) is 1. The number of piperazine rings is 1. The van der Waals surface area contributed by atoms with E-state index in [1.807, 2.05) is 0 Å². The van der Waals surface area contributed by atoms with Crippen LogP contribution in [0.4, 0.5) is 0 Å². The third kappa shape index (κ3) is 4.89. The van der Waals surface area contributed by atoms with E-state index in [0.717, 1.165) is 17.9 Å². The van der Waals surface area contributed by atoms with E-state index < -0.39 is 0 Å². The van der Waals surface area contributed by atoms with Gasteiger partial charge in [0.25, 0.3) is 0 Å². The van der Waals surface area contributed by atoms with Gasteiger partial charge < -0.3 is 10.2 Å². The van der Waals surface area contributed by atoms with E-state index in [-0.39, 0.29) is 0 Å². The monoisotopic (exact) mass is 252 g/mol. The van der Waals surface area contributed by atoms with Crippen LogP contribution in [0, 0.1) is 11.8 Å². The van der Waals surface area contributed by atoms with Crippen LogP contribution in [0.1, 0.15) is 58.8 Å². The fraction of sp³-hybridized carbons (Fsp3) is 1.00. The number of hydrogen-bond donors (Lipinski definition) is 1. The van der Waals surface area contributed by atoms with Gasteiger partial charge in [0, 0.05) is 25.7 Å². The summed E-state index contributed by atoms with van der Waals surface area (Å²) in [5.74, 6) is 1.86. The van der Waals surface area contributed by atoms with Gasteiger partial charge in [-0.3, -0.25) is 0 Å². The summed E-state index contributed by atoms with van der Waals surface area (Å²) in [7, 11) is 0. The minimum Gasteiger partial charge on any atom is -0.311 e. The van der Waals surface area contributed by atoms with Crippen LogP contribution < -0.4 is 5.32 Å². The molecule has 0 aromatic rings. The molecule has 1 saturated carbocycles. The van der Waals surface area contributed by atoms with Crippen molar-refractivity contribution in [1.82, 2.24) is 10.2 Å². The van der Waals surface area contributed by atoms with Crippen LogP contribution in [-0.4, -0.2) is 37.1 Å². The highest BCUT2D eigenvalue weighted by Gasteiger charge is 2.21. The van der Waals surface area contributed by atoms with E-state index in [1.54, 1.807) is 0 Å². The van der Waals surface area contributed by atoms with E-state index in [2.05, 4.69) is 24.1 Å². The van der Waals surface area contributed by atoms with Gasteiger partial charge in [0.1, 0.15) is 0 Å². The predicted octanol–water partition coefficient (Wildman–Crippen LogP) is 3.28. The second-order valence-electron chi connectivity index (χ2n) is 6.87. The van der Waals surface area contributed by atoms with Crippen molar-refractivity contribution in [3.63, 3.8) is 0 Å². The lowest BCUT2D eigenvalue weighted by atomic mass is 9.87. The van der Waals surface area contributed by atoms with Crippen molar-refractivity contribution in [3.8, 4) is 0 Å². The van der Waals surface area contributed by atoms with Crippen molar-refractivity contribution in [1.29, 1.82) is 0 Å². The zero-order valence-electron chi connectivity index (χ0n) is 12.5. The average Bonchev–Trinajstić information content (AvgIpc) is 2.37. The smallest absolute Gasteiger partial charge is 0.0197 e. The highest BCUT2D eigenvalue weighted by Crippen LogP contribution is 2.26. The Kier molecular flexibility index (Phi) is 5.97. The third-order valence-corrected chi connectivity index (χ3v) is 4.67. The van der Waals surface area contributed by atoms with Crippen molar-refractivity contribution in [2.75, 3.05) is 26.2 Å². The Labute approximate surface area is 114 Å². The lowest BCUT2D eigenvalue weighted by Gasteiger charge is -2.35. The maximum absolute atomic E-state index is 3.68. The zero-order valence-corrected chi connectivity index (χ0v) is 12.5. The molecule has 1 unspecified atom stereocenters. The Hall–Kier alpha value is -0.0800. The molecule has 1 N–H and O–H groups in total. The van der Waals surface area contributed by atoms with Crippen molar-refractivity contribution in [2.24, 2.45) is 11.8 Å². The van der Waals surface area contributed by atoms with Gasteiger partial charge >= 0.3 is 0 Å². The summed E-state index contributed by atoms with van der Waals surface area (Å²) in [4.78, 5) is 2.71. The van der Waals surface area contributed by atoms with Gasteiger partial charge in [-0.2, -0.15) is 0 Å². The van der Waals surface area contributed by atoms with Crippen LogP contribution in [0.25, 0.3) is 0 Å². The topological polar surface area (TPSA) is 15.3 Å². The molecule has 0 radical (unpaired) electrons. The van der Waals surface area contributed by atoms with E-state index in [0.29, 0.717) is 0 Å². The molecule has 106 valence electrons. The molecular weight excluding hydrogens is 220 g/mol. The molecule has 0 aromatic heterocycles. The third-order valence-electron chi connectivity index (χ3n) is 4.67. The molecule has 0 aromatic carbocycles. The van der Waals surface area contributed by atoms with Crippen molar-refractivity contribution in [2.45, 2.75) is 64.8 Å². The Morgan fingerprint density at radius 3 is 2.67 bits per heavy atom. The van der Waals surface area contributed by atoms with Gasteiger partial charge in [0.2, 0.25) is 0 Å². The van der Waals surface area contributed by atoms with Crippen LogP contribution in [0.15, 0.2) is 0 Å². The molecule has 0 bridgehead atoms. The van der Waals surface area contributed by atoms with Gasteiger partial charge in [0.05, 0.1) is 0 Å². The molecule has 1 saturated heterocycles. The zero-order chi connectivity index (χ0) is 12.8. The summed E-state index contributed by atoms with van der Waals surface area (Å²) < 4.78 is 0. The highest BCUT2D eigenvalue weighted by atomic mass is 15.2. The first-order valence-electron chi connectivity index (χ1n) is 8.20. The van der Waals surface area contributed by atoms with Gasteiger partial charge in [-0.05, 0) is 31.2 Å². The van der Waals surface area contributed by atoms with Crippen LogP contribution in [-0.2, 0) is 0 Å². The molecule has 18 heavy (non-hydrogen) atoms. The van der Waals surface area contributed by atoms with Crippen LogP contribution >= 0.6 is 0 Å². The Bertz CT molecular complexity index is 221. The van der Waals surface area contributed by atoms with Crippen LogP contribution in [0.3, 0.4) is 0 Å². The molecule has 0 spiro atoms. The fourth-order valence-electron chi connectivity index (χ4n) is 3.67. The van der Waals surface area contributed by atoms with Gasteiger partial charge in [-0.1, -0.05) is 46.0 Å². The molecule has 2 fully saturated rings. The van der Waals surface area contributed by atoms with Gasteiger partial charge in [-0.15, -0.1) is 0 Å². The summed E-state index contributed by atoms with van der Waals surface area (Å²) in [5, 5.41) is 3.68. The number of rotatable bonds is 5. The fourth-order valence-corrected chi connectivity index (χ4v) is 3.67. The van der Waals surface area contributed by atoms with E-state index in [4.69, 9.17) is 0 Å². The second kappa shape index (κ2) is 7.49. The van der Waals surface area contributed by atoms with Crippen molar-refractivity contribution in [3.05, 3.63) is 0 Å². The molecule has 1 aliphatic carbocycles. The largest absolute Gasteiger partial charge is 0.311 e. The second-order valence-corrected chi connectivity index (χ2v) is 6.87. The highest BCUT2D eigenvalue weighted by molar-refractivity contribution is 4.80.